The van der Waals surface area contributed by atoms with E-state index in [4.69, 9.17) is 4.74 Å². The third-order valence-electron chi connectivity index (χ3n) is 3.38. The molecule has 1 aromatic heterocycles. The molecule has 2 aromatic rings. The smallest absolute Gasteiger partial charge is 0.338 e. The highest BCUT2D eigenvalue weighted by molar-refractivity contribution is 5.90. The quantitative estimate of drug-likeness (QED) is 0.799. The number of esters is 1. The number of carbonyl (C=O) groups excluding carboxylic acids is 2. The van der Waals surface area contributed by atoms with Gasteiger partial charge in [-0.3, -0.25) is 4.79 Å². The van der Waals surface area contributed by atoms with Gasteiger partial charge >= 0.3 is 5.97 Å². The van der Waals surface area contributed by atoms with E-state index >= 15 is 0 Å². The lowest BCUT2D eigenvalue weighted by Gasteiger charge is -2.08. The molecule has 0 spiro atoms. The highest BCUT2D eigenvalue weighted by Gasteiger charge is 2.23. The minimum atomic E-state index is -0.400. The Morgan fingerprint density at radius 3 is 2.88 bits per heavy atom. The van der Waals surface area contributed by atoms with E-state index in [1.54, 1.807) is 38.1 Å². The number of aromatic nitrogens is 4. The molecule has 1 heterocycles. The zero-order valence-electron chi connectivity index (χ0n) is 13.6. The van der Waals surface area contributed by atoms with Gasteiger partial charge in [-0.1, -0.05) is 12.1 Å². The molecule has 1 fully saturated rings. The Labute approximate surface area is 139 Å². The number of tetrazole rings is 1. The Hall–Kier alpha value is -2.77. The topological polar surface area (TPSA) is 99.0 Å². The summed E-state index contributed by atoms with van der Waals surface area (Å²) in [7, 11) is 0. The summed E-state index contributed by atoms with van der Waals surface area (Å²) < 4.78 is 5.17. The van der Waals surface area contributed by atoms with E-state index in [1.165, 1.54) is 4.80 Å². The normalized spacial score (nSPS) is 13.8. The van der Waals surface area contributed by atoms with Crippen LogP contribution in [0.2, 0.25) is 0 Å². The highest BCUT2D eigenvalue weighted by Crippen LogP contribution is 2.19. The summed E-state index contributed by atoms with van der Waals surface area (Å²) in [5, 5.41) is 14.9. The molecule has 1 aliphatic carbocycles. The van der Waals surface area contributed by atoms with Crippen LogP contribution in [0.3, 0.4) is 0 Å². The van der Waals surface area contributed by atoms with Crippen LogP contribution in [-0.4, -0.2) is 44.2 Å². The summed E-state index contributed by atoms with van der Waals surface area (Å²) in [5.74, 6) is -0.174. The number of carbonyl (C=O) groups is 2. The van der Waals surface area contributed by atoms with Gasteiger partial charge in [0.2, 0.25) is 11.7 Å². The van der Waals surface area contributed by atoms with E-state index < -0.39 is 5.97 Å². The number of ether oxygens (including phenoxy) is 1. The predicted molar refractivity (Wildman–Crippen MR) is 85.0 cm³/mol. The molecular weight excluding hydrogens is 310 g/mol. The van der Waals surface area contributed by atoms with Crippen molar-refractivity contribution in [1.82, 2.24) is 25.5 Å². The second kappa shape index (κ2) is 6.77. The van der Waals surface area contributed by atoms with Gasteiger partial charge in [0.25, 0.3) is 0 Å². The molecule has 3 rings (SSSR count). The van der Waals surface area contributed by atoms with Crippen LogP contribution in [0, 0.1) is 0 Å². The molecule has 8 nitrogen and oxygen atoms in total. The second-order valence-corrected chi connectivity index (χ2v) is 6.02. The molecule has 1 amide bonds. The first-order valence-corrected chi connectivity index (χ1v) is 7.90. The Kier molecular flexibility index (Phi) is 4.54. The van der Waals surface area contributed by atoms with E-state index in [9.17, 15) is 9.59 Å². The number of amides is 1. The molecule has 0 aliphatic heterocycles. The maximum absolute atomic E-state index is 12.0. The van der Waals surface area contributed by atoms with Crippen molar-refractivity contribution in [1.29, 1.82) is 0 Å². The SMILES string of the molecule is CC(C)OC(=O)c1cccc(-c2nnn(CC(=O)NC3CC3)n2)c1. The molecular formula is C16H19N5O3. The third-order valence-corrected chi connectivity index (χ3v) is 3.38. The Balaban J connectivity index is 1.70. The molecule has 1 aromatic carbocycles. The van der Waals surface area contributed by atoms with Crippen molar-refractivity contribution in [3.8, 4) is 11.4 Å². The van der Waals surface area contributed by atoms with Crippen molar-refractivity contribution in [2.75, 3.05) is 0 Å². The van der Waals surface area contributed by atoms with Crippen LogP contribution < -0.4 is 5.32 Å². The lowest BCUT2D eigenvalue weighted by atomic mass is 10.1. The van der Waals surface area contributed by atoms with Gasteiger partial charge in [-0.05, 0) is 44.0 Å². The Bertz CT molecular complexity index is 752. The monoisotopic (exact) mass is 329 g/mol. The van der Waals surface area contributed by atoms with Crippen LogP contribution in [-0.2, 0) is 16.1 Å². The number of rotatable bonds is 6. The van der Waals surface area contributed by atoms with Gasteiger partial charge in [0.05, 0.1) is 11.7 Å². The van der Waals surface area contributed by atoms with Crippen LogP contribution in [0.15, 0.2) is 24.3 Å². The minimum absolute atomic E-state index is 0.0264. The molecule has 0 atom stereocenters. The number of benzene rings is 1. The molecule has 0 radical (unpaired) electrons. The standard InChI is InChI=1S/C16H19N5O3/c1-10(2)24-16(23)12-5-3-4-11(8-12)15-18-20-21(19-15)9-14(22)17-13-6-7-13/h3-5,8,10,13H,6-7,9H2,1-2H3,(H,17,22). The molecule has 0 saturated heterocycles. The van der Waals surface area contributed by atoms with Crippen molar-refractivity contribution in [3.63, 3.8) is 0 Å². The van der Waals surface area contributed by atoms with Crippen molar-refractivity contribution in [3.05, 3.63) is 29.8 Å². The molecule has 0 bridgehead atoms. The molecule has 24 heavy (non-hydrogen) atoms. The number of nitrogens with zero attached hydrogens (tertiary/aromatic N) is 4. The van der Waals surface area contributed by atoms with Crippen molar-refractivity contribution in [2.24, 2.45) is 0 Å². The van der Waals surface area contributed by atoms with Gasteiger partial charge in [0.15, 0.2) is 0 Å². The molecule has 1 aliphatic rings. The molecule has 1 saturated carbocycles. The minimum Gasteiger partial charge on any atom is -0.459 e. The molecule has 126 valence electrons. The van der Waals surface area contributed by atoms with E-state index in [1.807, 2.05) is 0 Å². The summed E-state index contributed by atoms with van der Waals surface area (Å²) in [6.45, 7) is 3.61. The van der Waals surface area contributed by atoms with E-state index in [0.717, 1.165) is 12.8 Å². The van der Waals surface area contributed by atoms with E-state index in [2.05, 4.69) is 20.7 Å². The summed E-state index contributed by atoms with van der Waals surface area (Å²) in [4.78, 5) is 25.0. The maximum Gasteiger partial charge on any atom is 0.338 e. The Morgan fingerprint density at radius 2 is 2.17 bits per heavy atom. The molecule has 0 unspecified atom stereocenters. The van der Waals surface area contributed by atoms with E-state index in [-0.39, 0.29) is 18.6 Å². The lowest BCUT2D eigenvalue weighted by Crippen LogP contribution is -2.30. The fourth-order valence-electron chi connectivity index (χ4n) is 2.12. The zero-order valence-corrected chi connectivity index (χ0v) is 13.6. The zero-order chi connectivity index (χ0) is 17.1. The largest absolute Gasteiger partial charge is 0.459 e. The number of hydrogen-bond acceptors (Lipinski definition) is 6. The number of hydrogen-bond donors (Lipinski definition) is 1. The third kappa shape index (κ3) is 4.15. The van der Waals surface area contributed by atoms with Crippen LogP contribution in [0.1, 0.15) is 37.0 Å². The first-order chi connectivity index (χ1) is 11.5. The van der Waals surface area contributed by atoms with Crippen molar-refractivity contribution in [2.45, 2.75) is 45.4 Å². The lowest BCUT2D eigenvalue weighted by molar-refractivity contribution is -0.122. The van der Waals surface area contributed by atoms with Crippen LogP contribution in [0.5, 0.6) is 0 Å². The van der Waals surface area contributed by atoms with Crippen LogP contribution >= 0.6 is 0 Å². The van der Waals surface area contributed by atoms with Crippen molar-refractivity contribution >= 4 is 11.9 Å². The molecule has 1 N–H and O–H groups in total. The Morgan fingerprint density at radius 1 is 1.38 bits per heavy atom. The fourth-order valence-corrected chi connectivity index (χ4v) is 2.12. The fraction of sp³-hybridized carbons (Fsp3) is 0.438. The highest BCUT2D eigenvalue weighted by atomic mass is 16.5. The van der Waals surface area contributed by atoms with Gasteiger partial charge in [-0.15, -0.1) is 10.2 Å². The van der Waals surface area contributed by atoms with Crippen LogP contribution in [0.25, 0.3) is 11.4 Å². The predicted octanol–water partition coefficient (Wildman–Crippen LogP) is 1.18. The van der Waals surface area contributed by atoms with Gasteiger partial charge < -0.3 is 10.1 Å². The van der Waals surface area contributed by atoms with Crippen molar-refractivity contribution < 1.29 is 14.3 Å². The molecule has 8 heteroatoms. The van der Waals surface area contributed by atoms with Gasteiger partial charge in [-0.25, -0.2) is 4.79 Å². The number of nitrogens with one attached hydrogen (secondary N) is 1. The summed E-state index contributed by atoms with van der Waals surface area (Å²) in [5.41, 5.74) is 1.06. The van der Waals surface area contributed by atoms with Crippen LogP contribution in [0.4, 0.5) is 0 Å². The second-order valence-electron chi connectivity index (χ2n) is 6.02. The summed E-state index contributed by atoms with van der Waals surface area (Å²) in [6.07, 6.45) is 1.87. The first-order valence-electron chi connectivity index (χ1n) is 7.90. The maximum atomic E-state index is 12.0. The summed E-state index contributed by atoms with van der Waals surface area (Å²) in [6, 6.07) is 7.12. The van der Waals surface area contributed by atoms with Gasteiger partial charge in [-0.2, -0.15) is 4.80 Å². The average Bonchev–Trinajstić information content (AvgIpc) is 3.22. The van der Waals surface area contributed by atoms with E-state index in [0.29, 0.717) is 23.0 Å². The summed E-state index contributed by atoms with van der Waals surface area (Å²) >= 11 is 0. The first kappa shape index (κ1) is 16.1. The van der Waals surface area contributed by atoms with Gasteiger partial charge in [0.1, 0.15) is 6.54 Å². The van der Waals surface area contributed by atoms with Gasteiger partial charge in [0, 0.05) is 11.6 Å². The average molecular weight is 329 g/mol.